The maximum Gasteiger partial charge on any atom is 0.0401 e. The molecule has 1 aliphatic heterocycles. The largest absolute Gasteiger partial charge is 0.371 e. The summed E-state index contributed by atoms with van der Waals surface area (Å²) >= 11 is 0. The van der Waals surface area contributed by atoms with E-state index in [1.165, 1.54) is 50.9 Å². The normalized spacial score (nSPS) is 27.6. The summed E-state index contributed by atoms with van der Waals surface area (Å²) in [6.07, 6.45) is 6.55. The van der Waals surface area contributed by atoms with Gasteiger partial charge < -0.3 is 10.2 Å². The van der Waals surface area contributed by atoms with Crippen molar-refractivity contribution in [2.75, 3.05) is 24.5 Å². The van der Waals surface area contributed by atoms with Crippen LogP contribution in [0.2, 0.25) is 0 Å². The van der Waals surface area contributed by atoms with Gasteiger partial charge in [-0.1, -0.05) is 19.1 Å². The van der Waals surface area contributed by atoms with Crippen molar-refractivity contribution in [3.05, 3.63) is 29.3 Å². The summed E-state index contributed by atoms with van der Waals surface area (Å²) < 4.78 is 0. The van der Waals surface area contributed by atoms with Crippen LogP contribution >= 0.6 is 0 Å². The second kappa shape index (κ2) is 6.17. The van der Waals surface area contributed by atoms with Crippen molar-refractivity contribution in [2.45, 2.75) is 52.0 Å². The summed E-state index contributed by atoms with van der Waals surface area (Å²) in [5, 5.41) is 3.64. The van der Waals surface area contributed by atoms with E-state index in [0.29, 0.717) is 6.04 Å². The van der Waals surface area contributed by atoms with E-state index in [1.54, 1.807) is 11.1 Å². The molecule has 0 radical (unpaired) electrons. The zero-order valence-corrected chi connectivity index (χ0v) is 13.0. The van der Waals surface area contributed by atoms with Gasteiger partial charge in [0.15, 0.2) is 0 Å². The number of benzene rings is 1. The number of aryl methyl sites for hydroxylation is 1. The van der Waals surface area contributed by atoms with E-state index in [0.717, 1.165) is 12.5 Å². The summed E-state index contributed by atoms with van der Waals surface area (Å²) in [5.74, 6) is 0.720. The highest BCUT2D eigenvalue weighted by Crippen LogP contribution is 2.31. The number of hydrogen-bond donors (Lipinski definition) is 1. The van der Waals surface area contributed by atoms with Crippen LogP contribution in [0, 0.1) is 5.92 Å². The van der Waals surface area contributed by atoms with Gasteiger partial charge in [-0.2, -0.15) is 0 Å². The Morgan fingerprint density at radius 1 is 1.15 bits per heavy atom. The van der Waals surface area contributed by atoms with E-state index < -0.39 is 0 Å². The molecule has 2 nitrogen and oxygen atoms in total. The van der Waals surface area contributed by atoms with Crippen LogP contribution in [0.3, 0.4) is 0 Å². The number of rotatable bonds is 1. The van der Waals surface area contributed by atoms with Gasteiger partial charge in [0, 0.05) is 24.8 Å². The Morgan fingerprint density at radius 3 is 2.90 bits per heavy atom. The predicted molar refractivity (Wildman–Crippen MR) is 86.5 cm³/mol. The van der Waals surface area contributed by atoms with Gasteiger partial charge in [-0.05, 0) is 68.7 Å². The van der Waals surface area contributed by atoms with Gasteiger partial charge in [0.05, 0.1) is 0 Å². The Bertz CT molecular complexity index is 455. The molecule has 3 rings (SSSR count). The van der Waals surface area contributed by atoms with Crippen LogP contribution in [0.4, 0.5) is 5.69 Å². The second-order valence-electron chi connectivity index (χ2n) is 6.77. The number of fused-ring (bicyclic) bond motifs is 1. The first kappa shape index (κ1) is 13.9. The molecule has 0 spiro atoms. The van der Waals surface area contributed by atoms with E-state index in [1.807, 2.05) is 0 Å². The first-order valence-corrected chi connectivity index (χ1v) is 8.33. The lowest BCUT2D eigenvalue weighted by Crippen LogP contribution is -2.43. The first-order valence-electron chi connectivity index (χ1n) is 8.33. The molecular formula is C18H28N2. The molecule has 1 aliphatic carbocycles. The van der Waals surface area contributed by atoms with Crippen molar-refractivity contribution in [3.63, 3.8) is 0 Å². The predicted octanol–water partition coefficient (Wildman–Crippen LogP) is 3.39. The van der Waals surface area contributed by atoms with Crippen molar-refractivity contribution >= 4 is 5.69 Å². The van der Waals surface area contributed by atoms with E-state index in [-0.39, 0.29) is 0 Å². The van der Waals surface area contributed by atoms with Crippen LogP contribution in [0.1, 0.15) is 44.2 Å². The lowest BCUT2D eigenvalue weighted by atomic mass is 9.89. The van der Waals surface area contributed by atoms with Crippen LogP contribution < -0.4 is 10.2 Å². The first-order chi connectivity index (χ1) is 9.74. The van der Waals surface area contributed by atoms with Crippen molar-refractivity contribution in [3.8, 4) is 0 Å². The fourth-order valence-corrected chi connectivity index (χ4v) is 3.66. The fraction of sp³-hybridized carbons (Fsp3) is 0.667. The standard InChI is InChI=1S/C18H28N2/c1-14-12-19-15(2)10-11-20(13-14)18-9-5-7-16-6-3-4-8-17(16)18/h5,7,9,14-15,19H,3-4,6,8,10-13H2,1-2H3. The van der Waals surface area contributed by atoms with Gasteiger partial charge in [0.2, 0.25) is 0 Å². The van der Waals surface area contributed by atoms with Gasteiger partial charge >= 0.3 is 0 Å². The number of nitrogens with zero attached hydrogens (tertiary/aromatic N) is 1. The van der Waals surface area contributed by atoms with Crippen molar-refractivity contribution in [2.24, 2.45) is 5.92 Å². The average Bonchev–Trinajstić information content (AvgIpc) is 2.47. The van der Waals surface area contributed by atoms with Gasteiger partial charge in [0.25, 0.3) is 0 Å². The fourth-order valence-electron chi connectivity index (χ4n) is 3.66. The van der Waals surface area contributed by atoms with E-state index >= 15 is 0 Å². The molecular weight excluding hydrogens is 244 g/mol. The zero-order valence-electron chi connectivity index (χ0n) is 13.0. The highest BCUT2D eigenvalue weighted by Gasteiger charge is 2.21. The maximum atomic E-state index is 3.64. The molecule has 1 heterocycles. The Labute approximate surface area is 123 Å². The topological polar surface area (TPSA) is 15.3 Å². The molecule has 1 aromatic rings. The third kappa shape index (κ3) is 3.01. The van der Waals surface area contributed by atoms with Crippen LogP contribution in [0.15, 0.2) is 18.2 Å². The summed E-state index contributed by atoms with van der Waals surface area (Å²) in [5.41, 5.74) is 4.78. The van der Waals surface area contributed by atoms with Crippen LogP contribution in [-0.2, 0) is 12.8 Å². The lowest BCUT2D eigenvalue weighted by molar-refractivity contribution is 0.410. The molecule has 1 N–H and O–H groups in total. The van der Waals surface area contributed by atoms with E-state index in [4.69, 9.17) is 0 Å². The third-order valence-electron chi connectivity index (χ3n) is 4.89. The average molecular weight is 272 g/mol. The molecule has 110 valence electrons. The Hall–Kier alpha value is -1.02. The van der Waals surface area contributed by atoms with Crippen LogP contribution in [0.25, 0.3) is 0 Å². The highest BCUT2D eigenvalue weighted by molar-refractivity contribution is 5.57. The molecule has 2 aliphatic rings. The third-order valence-corrected chi connectivity index (χ3v) is 4.89. The van der Waals surface area contributed by atoms with Crippen LogP contribution in [-0.4, -0.2) is 25.7 Å². The molecule has 0 saturated carbocycles. The number of nitrogens with one attached hydrogen (secondary N) is 1. The molecule has 1 aromatic carbocycles. The SMILES string of the molecule is CC1CNC(C)CCN(c2cccc3c2CCCC3)C1. The smallest absolute Gasteiger partial charge is 0.0401 e. The van der Waals surface area contributed by atoms with Gasteiger partial charge in [-0.25, -0.2) is 0 Å². The summed E-state index contributed by atoms with van der Waals surface area (Å²) in [7, 11) is 0. The molecule has 0 aromatic heterocycles. The Balaban J connectivity index is 1.86. The van der Waals surface area contributed by atoms with Crippen LogP contribution in [0.5, 0.6) is 0 Å². The number of anilines is 1. The summed E-state index contributed by atoms with van der Waals surface area (Å²) in [4.78, 5) is 2.66. The van der Waals surface area contributed by atoms with Gasteiger partial charge in [-0.15, -0.1) is 0 Å². The van der Waals surface area contributed by atoms with E-state index in [9.17, 15) is 0 Å². The Morgan fingerprint density at radius 2 is 2.00 bits per heavy atom. The van der Waals surface area contributed by atoms with Gasteiger partial charge in [0.1, 0.15) is 0 Å². The lowest BCUT2D eigenvalue weighted by Gasteiger charge is -2.35. The minimum Gasteiger partial charge on any atom is -0.371 e. The number of hydrogen-bond acceptors (Lipinski definition) is 2. The molecule has 1 fully saturated rings. The van der Waals surface area contributed by atoms with Crippen molar-refractivity contribution < 1.29 is 0 Å². The molecule has 0 amide bonds. The molecule has 2 unspecified atom stereocenters. The minimum absolute atomic E-state index is 0.639. The highest BCUT2D eigenvalue weighted by atomic mass is 15.1. The zero-order chi connectivity index (χ0) is 13.9. The molecule has 0 bridgehead atoms. The molecule has 1 saturated heterocycles. The molecule has 2 heteroatoms. The van der Waals surface area contributed by atoms with Crippen molar-refractivity contribution in [1.82, 2.24) is 5.32 Å². The quantitative estimate of drug-likeness (QED) is 0.843. The van der Waals surface area contributed by atoms with E-state index in [2.05, 4.69) is 42.3 Å². The monoisotopic (exact) mass is 272 g/mol. The summed E-state index contributed by atoms with van der Waals surface area (Å²) in [6.45, 7) is 8.21. The second-order valence-corrected chi connectivity index (χ2v) is 6.77. The van der Waals surface area contributed by atoms with Crippen molar-refractivity contribution in [1.29, 1.82) is 0 Å². The minimum atomic E-state index is 0.639. The molecule has 2 atom stereocenters. The van der Waals surface area contributed by atoms with Gasteiger partial charge in [-0.3, -0.25) is 0 Å². The maximum absolute atomic E-state index is 3.64. The Kier molecular flexibility index (Phi) is 4.30. The molecule has 20 heavy (non-hydrogen) atoms. The summed E-state index contributed by atoms with van der Waals surface area (Å²) in [6, 6.07) is 7.61.